The molecule has 6 heteroatoms. The van der Waals surface area contributed by atoms with E-state index in [1.54, 1.807) is 0 Å². The molecule has 1 heterocycles. The van der Waals surface area contributed by atoms with E-state index in [0.29, 0.717) is 6.54 Å². The van der Waals surface area contributed by atoms with Gasteiger partial charge >= 0.3 is 6.18 Å². The van der Waals surface area contributed by atoms with Crippen molar-refractivity contribution in [2.45, 2.75) is 12.2 Å². The minimum absolute atomic E-state index is 0.109. The molecule has 1 aliphatic rings. The molecule has 1 aromatic rings. The average Bonchev–Trinajstić information content (AvgIpc) is 2.29. The Labute approximate surface area is 109 Å². The van der Waals surface area contributed by atoms with Crippen LogP contribution in [0.25, 0.3) is 0 Å². The molecular weight excluding hydrogens is 265 g/mol. The van der Waals surface area contributed by atoms with Crippen molar-refractivity contribution in [1.29, 1.82) is 0 Å². The van der Waals surface area contributed by atoms with E-state index in [1.165, 1.54) is 12.1 Å². The summed E-state index contributed by atoms with van der Waals surface area (Å²) in [5, 5.41) is 3.22. The maximum Gasteiger partial charge on any atom is 0.416 e. The number of hydrogen-bond donors (Lipinski definition) is 1. The summed E-state index contributed by atoms with van der Waals surface area (Å²) in [4.78, 5) is 1.93. The summed E-state index contributed by atoms with van der Waals surface area (Å²) in [6, 6.07) is 3.71. The van der Waals surface area contributed by atoms with Crippen LogP contribution < -0.4 is 5.32 Å². The standard InChI is InChI=1S/C12H14ClF3N2/c1-18-5-4-17-7-11(18)9-3-2-8(13)6-10(9)12(14,15)16/h2-3,6,11,17H,4-5,7H2,1H3. The van der Waals surface area contributed by atoms with E-state index in [1.807, 2.05) is 11.9 Å². The fraction of sp³-hybridized carbons (Fsp3) is 0.500. The zero-order chi connectivity index (χ0) is 13.3. The smallest absolute Gasteiger partial charge is 0.314 e. The van der Waals surface area contributed by atoms with Gasteiger partial charge in [0, 0.05) is 30.7 Å². The number of benzene rings is 1. The van der Waals surface area contributed by atoms with Gasteiger partial charge in [-0.1, -0.05) is 17.7 Å². The van der Waals surface area contributed by atoms with Gasteiger partial charge in [0.25, 0.3) is 0 Å². The second-order valence-corrected chi connectivity index (χ2v) is 4.87. The number of rotatable bonds is 1. The van der Waals surface area contributed by atoms with Crippen molar-refractivity contribution in [2.75, 3.05) is 26.7 Å². The SMILES string of the molecule is CN1CCNCC1c1ccc(Cl)cc1C(F)(F)F. The lowest BCUT2D eigenvalue weighted by Crippen LogP contribution is -2.44. The summed E-state index contributed by atoms with van der Waals surface area (Å²) in [5.41, 5.74) is -0.364. The highest BCUT2D eigenvalue weighted by Gasteiger charge is 2.36. The second kappa shape index (κ2) is 5.07. The summed E-state index contributed by atoms with van der Waals surface area (Å²) < 4.78 is 39.0. The van der Waals surface area contributed by atoms with Crippen LogP contribution in [0.3, 0.4) is 0 Å². The molecule has 0 radical (unpaired) electrons. The largest absolute Gasteiger partial charge is 0.416 e. The van der Waals surface area contributed by atoms with E-state index in [-0.39, 0.29) is 16.6 Å². The molecule has 0 aliphatic carbocycles. The summed E-state index contributed by atoms with van der Waals surface area (Å²) in [6.45, 7) is 2.04. The Hall–Kier alpha value is -0.780. The minimum Gasteiger partial charge on any atom is -0.314 e. The highest BCUT2D eigenvalue weighted by Crippen LogP contribution is 2.37. The first-order valence-corrected chi connectivity index (χ1v) is 6.05. The monoisotopic (exact) mass is 278 g/mol. The predicted molar refractivity (Wildman–Crippen MR) is 64.7 cm³/mol. The molecule has 0 aromatic heterocycles. The number of halogens is 4. The highest BCUT2D eigenvalue weighted by atomic mass is 35.5. The van der Waals surface area contributed by atoms with E-state index in [9.17, 15) is 13.2 Å². The van der Waals surface area contributed by atoms with Crippen molar-refractivity contribution < 1.29 is 13.2 Å². The van der Waals surface area contributed by atoms with Crippen molar-refractivity contribution >= 4 is 11.6 Å². The maximum atomic E-state index is 13.0. The third kappa shape index (κ3) is 2.79. The highest BCUT2D eigenvalue weighted by molar-refractivity contribution is 6.30. The number of nitrogens with one attached hydrogen (secondary N) is 1. The van der Waals surface area contributed by atoms with Crippen LogP contribution >= 0.6 is 11.6 Å². The zero-order valence-electron chi connectivity index (χ0n) is 9.89. The number of piperazine rings is 1. The van der Waals surface area contributed by atoms with E-state index in [4.69, 9.17) is 11.6 Å². The molecule has 1 N–H and O–H groups in total. The molecule has 1 unspecified atom stereocenters. The van der Waals surface area contributed by atoms with Gasteiger partial charge in [0.15, 0.2) is 0 Å². The molecule has 18 heavy (non-hydrogen) atoms. The predicted octanol–water partition coefficient (Wildman–Crippen LogP) is 2.93. The first kappa shape index (κ1) is 13.6. The molecule has 0 bridgehead atoms. The van der Waals surface area contributed by atoms with Crippen molar-refractivity contribution in [3.05, 3.63) is 34.3 Å². The second-order valence-electron chi connectivity index (χ2n) is 4.43. The summed E-state index contributed by atoms with van der Waals surface area (Å²) in [6.07, 6.45) is -4.38. The maximum absolute atomic E-state index is 13.0. The Bertz CT molecular complexity index is 434. The summed E-state index contributed by atoms with van der Waals surface area (Å²) in [5.74, 6) is 0. The third-order valence-electron chi connectivity index (χ3n) is 3.19. The lowest BCUT2D eigenvalue weighted by atomic mass is 9.97. The molecule has 1 aromatic carbocycles. The van der Waals surface area contributed by atoms with E-state index >= 15 is 0 Å². The van der Waals surface area contributed by atoms with Crippen LogP contribution in [0.2, 0.25) is 5.02 Å². The molecule has 1 saturated heterocycles. The normalized spacial score (nSPS) is 22.2. The number of likely N-dealkylation sites (N-methyl/N-ethyl adjacent to an activating group) is 1. The van der Waals surface area contributed by atoms with Gasteiger partial charge in [0.2, 0.25) is 0 Å². The molecule has 0 saturated carbocycles. The molecule has 2 nitrogen and oxygen atoms in total. The van der Waals surface area contributed by atoms with E-state index in [2.05, 4.69) is 5.32 Å². The van der Waals surface area contributed by atoms with Crippen LogP contribution in [0, 0.1) is 0 Å². The van der Waals surface area contributed by atoms with E-state index in [0.717, 1.165) is 19.2 Å². The van der Waals surface area contributed by atoms with E-state index < -0.39 is 11.7 Å². The van der Waals surface area contributed by atoms with Crippen LogP contribution in [-0.2, 0) is 6.18 Å². The number of alkyl halides is 3. The molecular formula is C12H14ClF3N2. The topological polar surface area (TPSA) is 15.3 Å². The van der Waals surface area contributed by atoms with Gasteiger partial charge in [-0.05, 0) is 24.7 Å². The molecule has 1 aliphatic heterocycles. The quantitative estimate of drug-likeness (QED) is 0.850. The van der Waals surface area contributed by atoms with Gasteiger partial charge in [-0.25, -0.2) is 0 Å². The van der Waals surface area contributed by atoms with Gasteiger partial charge in [-0.15, -0.1) is 0 Å². The number of nitrogens with zero attached hydrogens (tertiary/aromatic N) is 1. The van der Waals surface area contributed by atoms with Gasteiger partial charge < -0.3 is 5.32 Å². The lowest BCUT2D eigenvalue weighted by molar-refractivity contribution is -0.138. The zero-order valence-corrected chi connectivity index (χ0v) is 10.6. The fourth-order valence-electron chi connectivity index (χ4n) is 2.22. The van der Waals surface area contributed by atoms with Crippen molar-refractivity contribution in [3.8, 4) is 0 Å². The minimum atomic E-state index is -4.38. The van der Waals surface area contributed by atoms with Gasteiger partial charge in [-0.3, -0.25) is 4.90 Å². The van der Waals surface area contributed by atoms with Crippen molar-refractivity contribution in [3.63, 3.8) is 0 Å². The van der Waals surface area contributed by atoms with Gasteiger partial charge in [-0.2, -0.15) is 13.2 Å². The van der Waals surface area contributed by atoms with Crippen LogP contribution in [-0.4, -0.2) is 31.6 Å². The summed E-state index contributed by atoms with van der Waals surface area (Å²) in [7, 11) is 1.83. The molecule has 2 rings (SSSR count). The molecule has 0 spiro atoms. The first-order chi connectivity index (χ1) is 8.39. The van der Waals surface area contributed by atoms with Crippen molar-refractivity contribution in [1.82, 2.24) is 10.2 Å². The Kier molecular flexibility index (Phi) is 3.84. The molecule has 1 atom stereocenters. The van der Waals surface area contributed by atoms with Crippen LogP contribution in [0.1, 0.15) is 17.2 Å². The van der Waals surface area contributed by atoms with Crippen LogP contribution in [0.4, 0.5) is 13.2 Å². The molecule has 100 valence electrons. The third-order valence-corrected chi connectivity index (χ3v) is 3.43. The first-order valence-electron chi connectivity index (χ1n) is 5.67. The average molecular weight is 279 g/mol. The number of hydrogen-bond acceptors (Lipinski definition) is 2. The Morgan fingerprint density at radius 1 is 1.39 bits per heavy atom. The molecule has 1 fully saturated rings. The fourth-order valence-corrected chi connectivity index (χ4v) is 2.39. The van der Waals surface area contributed by atoms with Crippen molar-refractivity contribution in [2.24, 2.45) is 0 Å². The Morgan fingerprint density at radius 3 is 2.72 bits per heavy atom. The van der Waals surface area contributed by atoms with Gasteiger partial charge in [0.1, 0.15) is 0 Å². The molecule has 0 amide bonds. The van der Waals surface area contributed by atoms with Crippen LogP contribution in [0.5, 0.6) is 0 Å². The summed E-state index contributed by atoms with van der Waals surface area (Å²) >= 11 is 5.67. The van der Waals surface area contributed by atoms with Gasteiger partial charge in [0.05, 0.1) is 5.56 Å². The van der Waals surface area contributed by atoms with Crippen LogP contribution in [0.15, 0.2) is 18.2 Å². The lowest BCUT2D eigenvalue weighted by Gasteiger charge is -2.34. The Morgan fingerprint density at radius 2 is 2.11 bits per heavy atom. The Balaban J connectivity index is 2.43.